The van der Waals surface area contributed by atoms with E-state index in [1.165, 1.54) is 19.4 Å². The Kier molecular flexibility index (Phi) is 18.7. The molecule has 6 amide bonds. The van der Waals surface area contributed by atoms with E-state index in [1.807, 2.05) is 52.0 Å². The molecule has 0 aliphatic rings. The van der Waals surface area contributed by atoms with Crippen molar-refractivity contribution in [2.75, 3.05) is 6.54 Å². The lowest BCUT2D eigenvalue weighted by molar-refractivity contribution is -0.142. The molecular weight excluding hydrogens is 777 g/mol. The second kappa shape index (κ2) is 23.1. The number of amides is 6. The Balaban J connectivity index is 1.60. The molecule has 0 bridgehead atoms. The molecule has 2 heterocycles. The largest absolute Gasteiger partial charge is 0.480 e. The van der Waals surface area contributed by atoms with E-state index in [0.29, 0.717) is 5.69 Å². The van der Waals surface area contributed by atoms with Crippen LogP contribution in [0.5, 0.6) is 0 Å². The summed E-state index contributed by atoms with van der Waals surface area (Å²) in [5.41, 5.74) is 8.35. The summed E-state index contributed by atoms with van der Waals surface area (Å²) in [6.45, 7) is 11.6. The number of carboxylic acid groups (broad SMARTS) is 1. The van der Waals surface area contributed by atoms with Crippen LogP contribution in [0.3, 0.4) is 0 Å². The van der Waals surface area contributed by atoms with E-state index in [9.17, 15) is 43.8 Å². The molecule has 1 aromatic carbocycles. The summed E-state index contributed by atoms with van der Waals surface area (Å²) >= 11 is 0. The normalized spacial score (nSPS) is 15.0. The first-order chi connectivity index (χ1) is 28.2. The lowest BCUT2D eigenvalue weighted by Crippen LogP contribution is -2.58. The average molecular weight is 839 g/mol. The van der Waals surface area contributed by atoms with Crippen molar-refractivity contribution in [3.63, 3.8) is 0 Å². The van der Waals surface area contributed by atoms with Crippen molar-refractivity contribution in [3.8, 4) is 0 Å². The fourth-order valence-corrected chi connectivity index (χ4v) is 6.55. The SMILES string of the molecule is CC(C)C[C@H](NC(=O)C[C@H](O)[C@H](CC(C)C)NC(=O)[C@H](Cc1c[nH]cn1)NC(=O)CNC(=O)[C@@H](NC(=O)[C@H](C)NC(=O)[C@@H](N)Cc1c[nH]c2ccccc12)C(C)C)C(=O)O. The zero-order valence-corrected chi connectivity index (χ0v) is 35.3. The summed E-state index contributed by atoms with van der Waals surface area (Å²) in [6, 6.07) is 1.16. The molecule has 0 fully saturated rings. The van der Waals surface area contributed by atoms with Gasteiger partial charge in [-0.05, 0) is 55.6 Å². The number of hydrogen-bond donors (Lipinski definition) is 11. The van der Waals surface area contributed by atoms with Crippen molar-refractivity contribution in [2.24, 2.45) is 23.5 Å². The molecule has 12 N–H and O–H groups in total. The van der Waals surface area contributed by atoms with Crippen molar-refractivity contribution in [1.29, 1.82) is 0 Å². The van der Waals surface area contributed by atoms with E-state index in [2.05, 4.69) is 46.9 Å². The highest BCUT2D eigenvalue weighted by Crippen LogP contribution is 2.19. The van der Waals surface area contributed by atoms with Gasteiger partial charge in [-0.3, -0.25) is 28.8 Å². The van der Waals surface area contributed by atoms with Gasteiger partial charge in [0.25, 0.3) is 0 Å². The molecule has 0 spiro atoms. The highest BCUT2D eigenvalue weighted by atomic mass is 16.4. The number of benzene rings is 1. The minimum atomic E-state index is -1.40. The summed E-state index contributed by atoms with van der Waals surface area (Å²) < 4.78 is 0. The fourth-order valence-electron chi connectivity index (χ4n) is 6.55. The maximum atomic E-state index is 13.7. The number of aromatic amines is 2. The fraction of sp³-hybridized carbons (Fsp3) is 0.561. The minimum Gasteiger partial charge on any atom is -0.480 e. The monoisotopic (exact) mass is 838 g/mol. The maximum Gasteiger partial charge on any atom is 0.326 e. The molecule has 60 heavy (non-hydrogen) atoms. The summed E-state index contributed by atoms with van der Waals surface area (Å²) in [5, 5.41) is 37.0. The van der Waals surface area contributed by atoms with Gasteiger partial charge in [0.15, 0.2) is 0 Å². The average Bonchev–Trinajstić information content (AvgIpc) is 3.84. The van der Waals surface area contributed by atoms with Gasteiger partial charge in [-0.15, -0.1) is 0 Å². The Hall–Kier alpha value is -5.82. The van der Waals surface area contributed by atoms with Crippen LogP contribution in [0.15, 0.2) is 43.0 Å². The number of aromatic nitrogens is 3. The van der Waals surface area contributed by atoms with Gasteiger partial charge >= 0.3 is 5.97 Å². The third-order valence-electron chi connectivity index (χ3n) is 9.75. The Morgan fingerprint density at radius 1 is 0.750 bits per heavy atom. The molecule has 0 aliphatic carbocycles. The van der Waals surface area contributed by atoms with Gasteiger partial charge in [-0.25, -0.2) is 9.78 Å². The van der Waals surface area contributed by atoms with E-state index >= 15 is 0 Å². The molecule has 19 heteroatoms. The molecule has 0 saturated carbocycles. The number of fused-ring (bicyclic) bond motifs is 1. The van der Waals surface area contributed by atoms with Gasteiger partial charge in [0.2, 0.25) is 35.4 Å². The van der Waals surface area contributed by atoms with Crippen molar-refractivity contribution >= 4 is 52.3 Å². The van der Waals surface area contributed by atoms with E-state index < -0.39 is 103 Å². The predicted octanol–water partition coefficient (Wildman–Crippen LogP) is 0.147. The minimum absolute atomic E-state index is 0.0141. The maximum absolute atomic E-state index is 13.7. The molecule has 330 valence electrons. The van der Waals surface area contributed by atoms with Crippen molar-refractivity contribution in [3.05, 3.63) is 54.2 Å². The molecule has 3 rings (SSSR count). The standard InChI is InChI=1S/C41H62N10O9/c1-21(2)12-30(33(52)16-34(53)49-32(41(59)60)13-22(3)4)50-39(57)31(15-26-18-43-20-46-26)48-35(54)19-45-40(58)36(23(5)6)51-37(55)24(7)47-38(56)28(42)14-25-17-44-29-11-9-8-10-27(25)29/h8-11,17-18,20-24,28,30-33,36,44,52H,12-16,19,42H2,1-7H3,(H,43,46)(H,45,58)(H,47,56)(H,48,54)(H,49,53)(H,50,57)(H,51,55)(H,59,60)/t24-,28-,30-,31-,32-,33-,36-/m0/s1. The number of para-hydroxylation sites is 1. The second-order valence-corrected chi connectivity index (χ2v) is 16.3. The number of hydrogen-bond acceptors (Lipinski definition) is 10. The number of rotatable bonds is 24. The number of carboxylic acids is 1. The lowest BCUT2D eigenvalue weighted by Gasteiger charge is -2.28. The first-order valence-corrected chi connectivity index (χ1v) is 20.2. The third-order valence-corrected chi connectivity index (χ3v) is 9.75. The van der Waals surface area contributed by atoms with Gasteiger partial charge in [-0.2, -0.15) is 0 Å². The quantitative estimate of drug-likeness (QED) is 0.0577. The van der Waals surface area contributed by atoms with E-state index in [1.54, 1.807) is 20.0 Å². The van der Waals surface area contributed by atoms with Crippen molar-refractivity contribution in [2.45, 2.75) is 123 Å². The van der Waals surface area contributed by atoms with Crippen molar-refractivity contribution < 1.29 is 43.8 Å². The molecule has 0 unspecified atom stereocenters. The topological polar surface area (TPSA) is 303 Å². The number of nitrogens with one attached hydrogen (secondary N) is 8. The number of nitrogens with two attached hydrogens (primary N) is 1. The van der Waals surface area contributed by atoms with E-state index in [-0.39, 0.29) is 37.5 Å². The van der Waals surface area contributed by atoms with Crippen LogP contribution in [0, 0.1) is 17.8 Å². The summed E-state index contributed by atoms with van der Waals surface area (Å²) in [4.78, 5) is 101. The Bertz CT molecular complexity index is 1910. The number of aliphatic hydroxyl groups excluding tert-OH is 1. The van der Waals surface area contributed by atoms with Crippen LogP contribution in [0.1, 0.15) is 79.0 Å². The molecule has 7 atom stereocenters. The van der Waals surface area contributed by atoms with Gasteiger partial charge in [0.1, 0.15) is 24.2 Å². The van der Waals surface area contributed by atoms with E-state index in [4.69, 9.17) is 5.73 Å². The summed E-state index contributed by atoms with van der Waals surface area (Å²) in [7, 11) is 0. The molecule has 2 aromatic heterocycles. The number of nitrogens with zero attached hydrogens (tertiary/aromatic N) is 1. The van der Waals surface area contributed by atoms with Gasteiger partial charge in [-0.1, -0.05) is 59.7 Å². The molecule has 0 saturated heterocycles. The Morgan fingerprint density at radius 2 is 1.42 bits per heavy atom. The zero-order chi connectivity index (χ0) is 44.7. The van der Waals surface area contributed by atoms with Gasteiger partial charge < -0.3 is 57.8 Å². The number of imidazole rings is 1. The molecule has 0 radical (unpaired) electrons. The highest BCUT2D eigenvalue weighted by Gasteiger charge is 2.32. The lowest BCUT2D eigenvalue weighted by atomic mass is 9.96. The number of H-pyrrole nitrogens is 2. The van der Waals surface area contributed by atoms with Crippen LogP contribution in [-0.4, -0.2) is 115 Å². The molecule has 0 aliphatic heterocycles. The first kappa shape index (κ1) is 48.5. The second-order valence-electron chi connectivity index (χ2n) is 16.3. The third kappa shape index (κ3) is 15.4. The number of carbonyl (C=O) groups is 7. The van der Waals surface area contributed by atoms with Crippen LogP contribution in [0.25, 0.3) is 10.9 Å². The van der Waals surface area contributed by atoms with Crippen LogP contribution in [0.2, 0.25) is 0 Å². The van der Waals surface area contributed by atoms with E-state index in [0.717, 1.165) is 16.5 Å². The van der Waals surface area contributed by atoms with Crippen molar-refractivity contribution in [1.82, 2.24) is 46.9 Å². The zero-order valence-electron chi connectivity index (χ0n) is 35.3. The van der Waals surface area contributed by atoms with Crippen LogP contribution < -0.4 is 37.6 Å². The molecular formula is C41H62N10O9. The first-order valence-electron chi connectivity index (χ1n) is 20.2. The number of aliphatic carboxylic acids is 1. The van der Waals surface area contributed by atoms with Crippen LogP contribution in [-0.2, 0) is 46.4 Å². The predicted molar refractivity (Wildman–Crippen MR) is 223 cm³/mol. The number of carbonyl (C=O) groups excluding carboxylic acids is 6. The van der Waals surface area contributed by atoms with Gasteiger partial charge in [0.05, 0.1) is 43.2 Å². The summed E-state index contributed by atoms with van der Waals surface area (Å²) in [5.74, 6) is -5.73. The number of aliphatic hydroxyl groups is 1. The highest BCUT2D eigenvalue weighted by molar-refractivity contribution is 5.95. The molecule has 3 aromatic rings. The Labute approximate surface area is 349 Å². The van der Waals surface area contributed by atoms with Crippen LogP contribution in [0.4, 0.5) is 0 Å². The van der Waals surface area contributed by atoms with Crippen LogP contribution >= 0.6 is 0 Å². The summed E-state index contributed by atoms with van der Waals surface area (Å²) in [6.07, 6.45) is 3.41. The molecule has 19 nitrogen and oxygen atoms in total. The smallest absolute Gasteiger partial charge is 0.326 e. The van der Waals surface area contributed by atoms with Gasteiger partial charge in [0, 0.05) is 29.7 Å². The Morgan fingerprint density at radius 3 is 2.03 bits per heavy atom.